The minimum Gasteiger partial charge on any atom is -0.389 e. The number of carbonyl (C=O) groups excluding carboxylic acids is 1. The number of anilines is 1. The predicted octanol–water partition coefficient (Wildman–Crippen LogP) is 3.81. The minimum absolute atomic E-state index is 0.125. The molecule has 0 saturated heterocycles. The maximum atomic E-state index is 12.4. The van der Waals surface area contributed by atoms with Crippen molar-refractivity contribution in [2.45, 2.75) is 45.4 Å². The van der Waals surface area contributed by atoms with Crippen LogP contribution in [0.25, 0.3) is 0 Å². The molecule has 2 N–H and O–H groups in total. The standard InChI is InChI=1S/C16H23F3N2O2/c1-4-21(11-15(2,3)23)14(22)20-13-8-6-5-7-12(13)9-10-16(17,18)19/h5-8,23H,4,9-11H2,1-3H3,(H,20,22). The first-order valence-corrected chi connectivity index (χ1v) is 7.45. The third-order valence-corrected chi connectivity index (χ3v) is 3.18. The molecular formula is C16H23F3N2O2. The molecule has 1 aromatic carbocycles. The Kier molecular flexibility index (Phi) is 6.44. The number of para-hydroxylation sites is 1. The van der Waals surface area contributed by atoms with Crippen LogP contribution in [0, 0.1) is 0 Å². The lowest BCUT2D eigenvalue weighted by Crippen LogP contribution is -2.44. The predicted molar refractivity (Wildman–Crippen MR) is 83.4 cm³/mol. The number of nitrogens with zero attached hydrogens (tertiary/aromatic N) is 1. The van der Waals surface area contributed by atoms with Crippen LogP contribution < -0.4 is 5.32 Å². The maximum Gasteiger partial charge on any atom is 0.389 e. The second-order valence-corrected chi connectivity index (χ2v) is 6.03. The van der Waals surface area contributed by atoms with E-state index in [0.717, 1.165) is 0 Å². The highest BCUT2D eigenvalue weighted by Crippen LogP contribution is 2.25. The zero-order valence-electron chi connectivity index (χ0n) is 13.6. The highest BCUT2D eigenvalue weighted by Gasteiger charge is 2.27. The van der Waals surface area contributed by atoms with Crippen LogP contribution in [0.4, 0.5) is 23.7 Å². The molecule has 0 aliphatic rings. The first kappa shape index (κ1) is 19.3. The molecule has 0 atom stereocenters. The molecule has 1 aromatic rings. The summed E-state index contributed by atoms with van der Waals surface area (Å²) in [6, 6.07) is 5.97. The third kappa shape index (κ3) is 7.36. The van der Waals surface area contributed by atoms with E-state index in [2.05, 4.69) is 5.32 Å². The first-order chi connectivity index (χ1) is 10.5. The van der Waals surface area contributed by atoms with Gasteiger partial charge in [-0.3, -0.25) is 0 Å². The number of carbonyl (C=O) groups is 1. The van der Waals surface area contributed by atoms with Crippen molar-refractivity contribution in [2.75, 3.05) is 18.4 Å². The van der Waals surface area contributed by atoms with Crippen molar-refractivity contribution in [3.05, 3.63) is 29.8 Å². The van der Waals surface area contributed by atoms with Crippen LogP contribution in [0.5, 0.6) is 0 Å². The van der Waals surface area contributed by atoms with E-state index in [0.29, 0.717) is 17.8 Å². The smallest absolute Gasteiger partial charge is 0.389 e. The number of hydrogen-bond acceptors (Lipinski definition) is 2. The highest BCUT2D eigenvalue weighted by atomic mass is 19.4. The number of benzene rings is 1. The lowest BCUT2D eigenvalue weighted by atomic mass is 10.1. The average molecular weight is 332 g/mol. The van der Waals surface area contributed by atoms with Gasteiger partial charge < -0.3 is 15.3 Å². The quantitative estimate of drug-likeness (QED) is 0.832. The van der Waals surface area contributed by atoms with E-state index in [1.807, 2.05) is 0 Å². The van der Waals surface area contributed by atoms with Gasteiger partial charge in [0.15, 0.2) is 0 Å². The van der Waals surface area contributed by atoms with Crippen LogP contribution >= 0.6 is 0 Å². The molecule has 0 aliphatic carbocycles. The van der Waals surface area contributed by atoms with Gasteiger partial charge in [0.1, 0.15) is 0 Å². The number of nitrogens with one attached hydrogen (secondary N) is 1. The molecule has 4 nitrogen and oxygen atoms in total. The van der Waals surface area contributed by atoms with E-state index in [1.165, 1.54) is 4.90 Å². The molecule has 0 unspecified atom stereocenters. The lowest BCUT2D eigenvalue weighted by Gasteiger charge is -2.28. The number of aryl methyl sites for hydroxylation is 1. The summed E-state index contributed by atoms with van der Waals surface area (Å²) in [6.45, 7) is 5.43. The summed E-state index contributed by atoms with van der Waals surface area (Å²) in [6.07, 6.45) is -5.38. The van der Waals surface area contributed by atoms with Gasteiger partial charge in [0.2, 0.25) is 0 Å². The molecule has 23 heavy (non-hydrogen) atoms. The molecule has 0 aliphatic heterocycles. The van der Waals surface area contributed by atoms with E-state index in [4.69, 9.17) is 0 Å². The van der Waals surface area contributed by atoms with Crippen LogP contribution in [-0.2, 0) is 6.42 Å². The van der Waals surface area contributed by atoms with Gasteiger partial charge in [-0.15, -0.1) is 0 Å². The van der Waals surface area contributed by atoms with E-state index >= 15 is 0 Å². The van der Waals surface area contributed by atoms with Gasteiger partial charge in [-0.05, 0) is 38.8 Å². The molecule has 0 radical (unpaired) electrons. The van der Waals surface area contributed by atoms with Crippen LogP contribution in [0.3, 0.4) is 0 Å². The molecule has 0 fully saturated rings. The van der Waals surface area contributed by atoms with Crippen molar-refractivity contribution in [3.63, 3.8) is 0 Å². The molecule has 0 heterocycles. The van der Waals surface area contributed by atoms with Crippen molar-refractivity contribution < 1.29 is 23.1 Å². The van der Waals surface area contributed by atoms with E-state index in [9.17, 15) is 23.1 Å². The molecule has 0 aromatic heterocycles. The Hall–Kier alpha value is -1.76. The topological polar surface area (TPSA) is 52.6 Å². The van der Waals surface area contributed by atoms with Crippen molar-refractivity contribution in [2.24, 2.45) is 0 Å². The third-order valence-electron chi connectivity index (χ3n) is 3.18. The molecule has 0 spiro atoms. The van der Waals surface area contributed by atoms with Gasteiger partial charge in [0, 0.05) is 18.7 Å². The van der Waals surface area contributed by atoms with E-state index < -0.39 is 24.2 Å². The fourth-order valence-corrected chi connectivity index (χ4v) is 2.13. The number of hydrogen-bond donors (Lipinski definition) is 2. The van der Waals surface area contributed by atoms with Crippen molar-refractivity contribution in [3.8, 4) is 0 Å². The molecular weight excluding hydrogens is 309 g/mol. The Morgan fingerprint density at radius 3 is 2.39 bits per heavy atom. The number of aliphatic hydroxyl groups is 1. The summed E-state index contributed by atoms with van der Waals surface area (Å²) in [5.74, 6) is 0. The number of alkyl halides is 3. The Labute approximate surface area is 134 Å². The van der Waals surface area contributed by atoms with Gasteiger partial charge in [0.05, 0.1) is 12.1 Å². The SMILES string of the molecule is CCN(CC(C)(C)O)C(=O)Nc1ccccc1CCC(F)(F)F. The Morgan fingerprint density at radius 2 is 1.87 bits per heavy atom. The number of rotatable bonds is 6. The molecule has 130 valence electrons. The number of urea groups is 1. The first-order valence-electron chi connectivity index (χ1n) is 7.45. The van der Waals surface area contributed by atoms with Gasteiger partial charge in [-0.25, -0.2) is 4.79 Å². The average Bonchev–Trinajstić information content (AvgIpc) is 2.42. The van der Waals surface area contributed by atoms with Gasteiger partial charge in [-0.2, -0.15) is 13.2 Å². The van der Waals surface area contributed by atoms with E-state index in [-0.39, 0.29) is 13.0 Å². The van der Waals surface area contributed by atoms with Crippen molar-refractivity contribution in [1.29, 1.82) is 0 Å². The second kappa shape index (κ2) is 7.68. The summed E-state index contributed by atoms with van der Waals surface area (Å²) in [4.78, 5) is 13.7. The Balaban J connectivity index is 2.81. The Morgan fingerprint density at radius 1 is 1.26 bits per heavy atom. The highest BCUT2D eigenvalue weighted by molar-refractivity contribution is 5.90. The summed E-state index contributed by atoms with van der Waals surface area (Å²) in [5.41, 5.74) is -0.267. The van der Waals surface area contributed by atoms with Crippen molar-refractivity contribution in [1.82, 2.24) is 4.90 Å². The summed E-state index contributed by atoms with van der Waals surface area (Å²) < 4.78 is 37.1. The molecule has 0 saturated carbocycles. The zero-order valence-corrected chi connectivity index (χ0v) is 13.6. The summed E-state index contributed by atoms with van der Waals surface area (Å²) in [5, 5.41) is 12.4. The van der Waals surface area contributed by atoms with Gasteiger partial charge in [-0.1, -0.05) is 18.2 Å². The van der Waals surface area contributed by atoms with E-state index in [1.54, 1.807) is 45.0 Å². The van der Waals surface area contributed by atoms with Gasteiger partial charge in [0.25, 0.3) is 0 Å². The van der Waals surface area contributed by atoms with Crippen LogP contribution in [0.1, 0.15) is 32.8 Å². The normalized spacial score (nSPS) is 12.1. The fourth-order valence-electron chi connectivity index (χ4n) is 2.13. The molecule has 2 amide bonds. The number of likely N-dealkylation sites (N-methyl/N-ethyl adjacent to an activating group) is 1. The zero-order chi connectivity index (χ0) is 17.7. The second-order valence-electron chi connectivity index (χ2n) is 6.03. The number of amides is 2. The molecule has 7 heteroatoms. The monoisotopic (exact) mass is 332 g/mol. The van der Waals surface area contributed by atoms with Crippen LogP contribution in [-0.4, -0.2) is 40.9 Å². The Bertz CT molecular complexity index is 525. The fraction of sp³-hybridized carbons (Fsp3) is 0.562. The summed E-state index contributed by atoms with van der Waals surface area (Å²) >= 11 is 0. The maximum absolute atomic E-state index is 12.4. The number of halogens is 3. The molecule has 0 bridgehead atoms. The lowest BCUT2D eigenvalue weighted by molar-refractivity contribution is -0.133. The van der Waals surface area contributed by atoms with Crippen LogP contribution in [0.2, 0.25) is 0 Å². The molecule has 1 rings (SSSR count). The van der Waals surface area contributed by atoms with Crippen LogP contribution in [0.15, 0.2) is 24.3 Å². The summed E-state index contributed by atoms with van der Waals surface area (Å²) in [7, 11) is 0. The van der Waals surface area contributed by atoms with Gasteiger partial charge >= 0.3 is 12.2 Å². The largest absolute Gasteiger partial charge is 0.389 e. The van der Waals surface area contributed by atoms with Crippen molar-refractivity contribution >= 4 is 11.7 Å². The minimum atomic E-state index is -4.24.